The monoisotopic (exact) mass is 286 g/mol. The largest absolute Gasteiger partial charge is 0.362 e. The lowest BCUT2D eigenvalue weighted by Gasteiger charge is -2.04. The van der Waals surface area contributed by atoms with Crippen molar-refractivity contribution in [3.05, 3.63) is 41.2 Å². The maximum Gasteiger partial charge on any atom is 0.182 e. The maximum absolute atomic E-state index is 4.60. The molecule has 0 amide bonds. The van der Waals surface area contributed by atoms with Crippen molar-refractivity contribution in [2.24, 2.45) is 0 Å². The van der Waals surface area contributed by atoms with Crippen molar-refractivity contribution in [3.63, 3.8) is 0 Å². The van der Waals surface area contributed by atoms with E-state index >= 15 is 0 Å². The molecule has 0 atom stereocenters. The summed E-state index contributed by atoms with van der Waals surface area (Å²) in [6.07, 6.45) is 3.07. The Morgan fingerprint density at radius 1 is 1.30 bits per heavy atom. The van der Waals surface area contributed by atoms with Crippen LogP contribution in [0, 0.1) is 6.92 Å². The third-order valence-corrected chi connectivity index (χ3v) is 4.18. The standard InChI is InChI=1S/C15H18N4S/c1-3-8-16-15-17-9-12(20-15)10-19-11(2)18-13-6-4-5-7-14(13)19/h4-7,9H,3,8,10H2,1-2H3,(H,16,17). The number of hydrogen-bond acceptors (Lipinski definition) is 4. The fraction of sp³-hybridized carbons (Fsp3) is 0.333. The Morgan fingerprint density at radius 3 is 3.00 bits per heavy atom. The SMILES string of the molecule is CCCNc1ncc(Cn2c(C)nc3ccccc32)s1. The molecule has 0 aliphatic rings. The van der Waals surface area contributed by atoms with E-state index in [4.69, 9.17) is 0 Å². The summed E-state index contributed by atoms with van der Waals surface area (Å²) in [6, 6.07) is 8.26. The van der Waals surface area contributed by atoms with Crippen molar-refractivity contribution >= 4 is 27.5 Å². The number of para-hydroxylation sites is 2. The molecule has 2 heterocycles. The first-order valence-electron chi connectivity index (χ1n) is 6.88. The number of rotatable bonds is 5. The molecule has 0 unspecified atom stereocenters. The van der Waals surface area contributed by atoms with Gasteiger partial charge in [-0.1, -0.05) is 19.1 Å². The number of hydrogen-bond donors (Lipinski definition) is 1. The summed E-state index contributed by atoms with van der Waals surface area (Å²) < 4.78 is 2.24. The summed E-state index contributed by atoms with van der Waals surface area (Å²) >= 11 is 1.72. The highest BCUT2D eigenvalue weighted by molar-refractivity contribution is 7.15. The van der Waals surface area contributed by atoms with Crippen LogP contribution in [-0.2, 0) is 6.54 Å². The zero-order valence-electron chi connectivity index (χ0n) is 11.8. The third-order valence-electron chi connectivity index (χ3n) is 3.24. The second-order valence-electron chi connectivity index (χ2n) is 4.79. The summed E-state index contributed by atoms with van der Waals surface area (Å²) in [5.41, 5.74) is 2.24. The van der Waals surface area contributed by atoms with Crippen molar-refractivity contribution in [2.75, 3.05) is 11.9 Å². The van der Waals surface area contributed by atoms with Gasteiger partial charge in [0.2, 0.25) is 0 Å². The predicted molar refractivity (Wildman–Crippen MR) is 84.5 cm³/mol. The van der Waals surface area contributed by atoms with Gasteiger partial charge in [0, 0.05) is 17.6 Å². The Balaban J connectivity index is 1.85. The zero-order chi connectivity index (χ0) is 13.9. The van der Waals surface area contributed by atoms with Gasteiger partial charge in [-0.05, 0) is 25.5 Å². The van der Waals surface area contributed by atoms with Crippen LogP contribution in [0.15, 0.2) is 30.5 Å². The summed E-state index contributed by atoms with van der Waals surface area (Å²) in [4.78, 5) is 10.3. The molecule has 0 saturated carbocycles. The number of aromatic nitrogens is 3. The van der Waals surface area contributed by atoms with Gasteiger partial charge in [0.15, 0.2) is 5.13 Å². The third kappa shape index (κ3) is 2.54. The van der Waals surface area contributed by atoms with E-state index in [2.05, 4.69) is 51.9 Å². The molecule has 3 aromatic rings. The fourth-order valence-electron chi connectivity index (χ4n) is 2.25. The van der Waals surface area contributed by atoms with Gasteiger partial charge in [-0.15, -0.1) is 11.3 Å². The molecule has 3 rings (SSSR count). The first-order valence-corrected chi connectivity index (χ1v) is 7.70. The van der Waals surface area contributed by atoms with Crippen LogP contribution in [0.3, 0.4) is 0 Å². The zero-order valence-corrected chi connectivity index (χ0v) is 12.6. The molecule has 5 heteroatoms. The highest BCUT2D eigenvalue weighted by Gasteiger charge is 2.09. The van der Waals surface area contributed by atoms with E-state index in [-0.39, 0.29) is 0 Å². The highest BCUT2D eigenvalue weighted by Crippen LogP contribution is 2.22. The fourth-order valence-corrected chi connectivity index (χ4v) is 3.07. The van der Waals surface area contributed by atoms with Crippen LogP contribution < -0.4 is 5.32 Å². The molecule has 1 N–H and O–H groups in total. The van der Waals surface area contributed by atoms with Crippen LogP contribution in [0.25, 0.3) is 11.0 Å². The minimum absolute atomic E-state index is 0.831. The highest BCUT2D eigenvalue weighted by atomic mass is 32.1. The molecule has 0 bridgehead atoms. The first-order chi connectivity index (χ1) is 9.78. The molecular formula is C15H18N4S. The molecule has 1 aromatic carbocycles. The molecule has 0 saturated heterocycles. The van der Waals surface area contributed by atoms with Crippen LogP contribution >= 0.6 is 11.3 Å². The topological polar surface area (TPSA) is 42.7 Å². The molecule has 0 aliphatic carbocycles. The van der Waals surface area contributed by atoms with Crippen LogP contribution in [0.4, 0.5) is 5.13 Å². The molecule has 2 aromatic heterocycles. The number of nitrogens with one attached hydrogen (secondary N) is 1. The molecule has 0 fully saturated rings. The average molecular weight is 286 g/mol. The lowest BCUT2D eigenvalue weighted by Crippen LogP contribution is -2.00. The van der Waals surface area contributed by atoms with E-state index in [1.165, 1.54) is 10.4 Å². The van der Waals surface area contributed by atoms with Gasteiger partial charge >= 0.3 is 0 Å². The van der Waals surface area contributed by atoms with Gasteiger partial charge in [0.1, 0.15) is 5.82 Å². The van der Waals surface area contributed by atoms with E-state index in [0.29, 0.717) is 0 Å². The average Bonchev–Trinajstić information content (AvgIpc) is 3.02. The van der Waals surface area contributed by atoms with Crippen molar-refractivity contribution in [1.29, 1.82) is 0 Å². The number of nitrogens with zero attached hydrogens (tertiary/aromatic N) is 3. The number of imidazole rings is 1. The summed E-state index contributed by atoms with van der Waals surface area (Å²) in [6.45, 7) is 6.01. The molecule has 4 nitrogen and oxygen atoms in total. The molecule has 0 aliphatic heterocycles. The second-order valence-corrected chi connectivity index (χ2v) is 5.91. The van der Waals surface area contributed by atoms with E-state index < -0.39 is 0 Å². The summed E-state index contributed by atoms with van der Waals surface area (Å²) in [5.74, 6) is 1.04. The van der Waals surface area contributed by atoms with Crippen molar-refractivity contribution in [3.8, 4) is 0 Å². The van der Waals surface area contributed by atoms with Crippen LogP contribution in [0.5, 0.6) is 0 Å². The van der Waals surface area contributed by atoms with Gasteiger partial charge < -0.3 is 9.88 Å². The number of benzene rings is 1. The number of aryl methyl sites for hydroxylation is 1. The maximum atomic E-state index is 4.60. The van der Waals surface area contributed by atoms with Crippen LogP contribution in [0.2, 0.25) is 0 Å². The predicted octanol–water partition coefficient (Wildman–Crippen LogP) is 3.67. The normalized spacial score (nSPS) is 11.1. The minimum Gasteiger partial charge on any atom is -0.362 e. The quantitative estimate of drug-likeness (QED) is 0.778. The van der Waals surface area contributed by atoms with Crippen molar-refractivity contribution < 1.29 is 0 Å². The second kappa shape index (κ2) is 5.63. The van der Waals surface area contributed by atoms with E-state index in [1.54, 1.807) is 11.3 Å². The lowest BCUT2D eigenvalue weighted by molar-refractivity contribution is 0.795. The number of thiazole rings is 1. The van der Waals surface area contributed by atoms with Gasteiger partial charge in [-0.25, -0.2) is 9.97 Å². The summed E-state index contributed by atoms with van der Waals surface area (Å²) in [7, 11) is 0. The molecular weight excluding hydrogens is 268 g/mol. The summed E-state index contributed by atoms with van der Waals surface area (Å²) in [5, 5.41) is 4.33. The molecule has 0 spiro atoms. The van der Waals surface area contributed by atoms with Crippen molar-refractivity contribution in [2.45, 2.75) is 26.8 Å². The van der Waals surface area contributed by atoms with Gasteiger partial charge in [-0.3, -0.25) is 0 Å². The molecule has 104 valence electrons. The molecule has 0 radical (unpaired) electrons. The first kappa shape index (κ1) is 13.1. The van der Waals surface area contributed by atoms with E-state index in [1.807, 2.05) is 12.3 Å². The van der Waals surface area contributed by atoms with Gasteiger partial charge in [0.05, 0.1) is 17.6 Å². The van der Waals surface area contributed by atoms with Crippen LogP contribution in [0.1, 0.15) is 24.0 Å². The Hall–Kier alpha value is -1.88. The minimum atomic E-state index is 0.831. The smallest absolute Gasteiger partial charge is 0.182 e. The Bertz CT molecular complexity index is 714. The lowest BCUT2D eigenvalue weighted by atomic mass is 10.3. The number of anilines is 1. The van der Waals surface area contributed by atoms with Crippen molar-refractivity contribution in [1.82, 2.24) is 14.5 Å². The van der Waals surface area contributed by atoms with E-state index in [9.17, 15) is 0 Å². The Labute approximate surface area is 122 Å². The Kier molecular flexibility index (Phi) is 3.69. The van der Waals surface area contributed by atoms with Gasteiger partial charge in [0.25, 0.3) is 0 Å². The van der Waals surface area contributed by atoms with E-state index in [0.717, 1.165) is 36.0 Å². The van der Waals surface area contributed by atoms with Crippen LogP contribution in [-0.4, -0.2) is 21.1 Å². The Morgan fingerprint density at radius 2 is 2.15 bits per heavy atom. The number of fused-ring (bicyclic) bond motifs is 1. The van der Waals surface area contributed by atoms with Gasteiger partial charge in [-0.2, -0.15) is 0 Å². The molecule has 20 heavy (non-hydrogen) atoms.